The maximum atomic E-state index is 5.85. The Morgan fingerprint density at radius 2 is 2.14 bits per heavy atom. The number of hydrogen-bond donors (Lipinski definition) is 0. The fraction of sp³-hybridized carbons (Fsp3) is 0.625. The highest BCUT2D eigenvalue weighted by molar-refractivity contribution is 5.37. The Balaban J connectivity index is 1.95. The van der Waals surface area contributed by atoms with E-state index in [1.54, 1.807) is 0 Å². The number of hydrogen-bond acceptors (Lipinski definition) is 4. The van der Waals surface area contributed by atoms with Crippen molar-refractivity contribution in [3.05, 3.63) is 29.5 Å². The molecule has 0 amide bonds. The Kier molecular flexibility index (Phi) is 3.74. The minimum absolute atomic E-state index is 0.285. The van der Waals surface area contributed by atoms with E-state index in [2.05, 4.69) is 46.5 Å². The first kappa shape index (κ1) is 14.2. The predicted molar refractivity (Wildman–Crippen MR) is 82.6 cm³/mol. The van der Waals surface area contributed by atoms with Crippen molar-refractivity contribution in [1.29, 1.82) is 0 Å². The summed E-state index contributed by atoms with van der Waals surface area (Å²) < 4.78 is 8.08. The van der Waals surface area contributed by atoms with E-state index in [1.165, 1.54) is 0 Å². The highest BCUT2D eigenvalue weighted by Gasteiger charge is 2.32. The largest absolute Gasteiger partial charge is 0.464 e. The van der Waals surface area contributed by atoms with Crippen LogP contribution in [0.15, 0.2) is 16.5 Å². The molecule has 3 rings (SSSR count). The van der Waals surface area contributed by atoms with Crippen LogP contribution in [0.4, 0.5) is 5.95 Å². The average molecular weight is 288 g/mol. The minimum Gasteiger partial charge on any atom is -0.464 e. The van der Waals surface area contributed by atoms with Crippen LogP contribution in [0.1, 0.15) is 62.9 Å². The Bertz CT molecular complexity index is 614. The fourth-order valence-electron chi connectivity index (χ4n) is 3.18. The van der Waals surface area contributed by atoms with Gasteiger partial charge < -0.3 is 9.32 Å². The summed E-state index contributed by atoms with van der Waals surface area (Å²) in [4.78, 5) is 2.35. The lowest BCUT2D eigenvalue weighted by molar-refractivity contribution is 0.442. The Morgan fingerprint density at radius 3 is 2.76 bits per heavy atom. The molecule has 1 atom stereocenters. The minimum atomic E-state index is 0.285. The van der Waals surface area contributed by atoms with Crippen LogP contribution in [0.25, 0.3) is 0 Å². The molecule has 2 aromatic rings. The molecular formula is C16H24N4O. The highest BCUT2D eigenvalue weighted by Crippen LogP contribution is 2.36. The molecule has 1 saturated heterocycles. The third-order valence-corrected chi connectivity index (χ3v) is 4.19. The molecule has 3 heterocycles. The number of aromatic nitrogens is 3. The third kappa shape index (κ3) is 2.45. The molecular weight excluding hydrogens is 264 g/mol. The number of nitrogens with zero attached hydrogens (tertiary/aromatic N) is 4. The Labute approximate surface area is 126 Å². The van der Waals surface area contributed by atoms with E-state index in [4.69, 9.17) is 4.42 Å². The summed E-state index contributed by atoms with van der Waals surface area (Å²) in [6.45, 7) is 10.4. The molecule has 1 unspecified atom stereocenters. The van der Waals surface area contributed by atoms with Gasteiger partial charge in [-0.25, -0.2) is 0 Å². The van der Waals surface area contributed by atoms with Crippen molar-refractivity contribution in [1.82, 2.24) is 14.8 Å². The van der Waals surface area contributed by atoms with Crippen molar-refractivity contribution >= 4 is 5.95 Å². The number of rotatable bonds is 4. The van der Waals surface area contributed by atoms with E-state index in [0.717, 1.165) is 49.2 Å². The van der Waals surface area contributed by atoms with Crippen LogP contribution in [-0.2, 0) is 6.54 Å². The van der Waals surface area contributed by atoms with Gasteiger partial charge >= 0.3 is 0 Å². The predicted octanol–water partition coefficient (Wildman–Crippen LogP) is 3.66. The maximum Gasteiger partial charge on any atom is 0.227 e. The summed E-state index contributed by atoms with van der Waals surface area (Å²) in [5, 5.41) is 8.88. The molecule has 0 bridgehead atoms. The maximum absolute atomic E-state index is 5.85. The smallest absolute Gasteiger partial charge is 0.227 e. The Morgan fingerprint density at radius 1 is 1.33 bits per heavy atom. The lowest BCUT2D eigenvalue weighted by Crippen LogP contribution is -2.26. The zero-order valence-corrected chi connectivity index (χ0v) is 13.3. The van der Waals surface area contributed by atoms with Crippen LogP contribution in [-0.4, -0.2) is 21.3 Å². The second-order valence-corrected chi connectivity index (χ2v) is 6.06. The standard InChI is InChI=1S/C16H24N4O/c1-5-19-15(11(2)3)17-18-16(19)20-10-6-7-13(20)14-9-8-12(4)21-14/h8-9,11,13H,5-7,10H2,1-4H3. The third-order valence-electron chi connectivity index (χ3n) is 4.19. The summed E-state index contributed by atoms with van der Waals surface area (Å²) in [5.74, 6) is 4.45. The van der Waals surface area contributed by atoms with E-state index >= 15 is 0 Å². The van der Waals surface area contributed by atoms with Gasteiger partial charge in [0, 0.05) is 19.0 Å². The van der Waals surface area contributed by atoms with Gasteiger partial charge in [-0.2, -0.15) is 0 Å². The number of anilines is 1. The van der Waals surface area contributed by atoms with Crippen molar-refractivity contribution < 1.29 is 4.42 Å². The zero-order valence-electron chi connectivity index (χ0n) is 13.3. The van der Waals surface area contributed by atoms with Crippen LogP contribution in [0.3, 0.4) is 0 Å². The molecule has 114 valence electrons. The molecule has 0 spiro atoms. The van der Waals surface area contributed by atoms with Gasteiger partial charge in [0.25, 0.3) is 0 Å². The fourth-order valence-corrected chi connectivity index (χ4v) is 3.18. The van der Waals surface area contributed by atoms with E-state index in [9.17, 15) is 0 Å². The number of furan rings is 1. The second-order valence-electron chi connectivity index (χ2n) is 6.06. The normalized spacial score (nSPS) is 18.9. The SMILES string of the molecule is CCn1c(C(C)C)nnc1N1CCCC1c1ccc(C)o1. The van der Waals surface area contributed by atoms with Crippen molar-refractivity contribution in [2.75, 3.05) is 11.4 Å². The van der Waals surface area contributed by atoms with Gasteiger partial charge in [0.2, 0.25) is 5.95 Å². The molecule has 21 heavy (non-hydrogen) atoms. The van der Waals surface area contributed by atoms with E-state index in [1.807, 2.05) is 13.0 Å². The molecule has 0 radical (unpaired) electrons. The lowest BCUT2D eigenvalue weighted by Gasteiger charge is -2.24. The zero-order chi connectivity index (χ0) is 15.0. The monoisotopic (exact) mass is 288 g/mol. The Hall–Kier alpha value is -1.78. The molecule has 0 aliphatic carbocycles. The van der Waals surface area contributed by atoms with Gasteiger partial charge in [-0.15, -0.1) is 10.2 Å². The summed E-state index contributed by atoms with van der Waals surface area (Å²) >= 11 is 0. The van der Waals surface area contributed by atoms with Gasteiger partial charge in [0.05, 0.1) is 6.04 Å². The molecule has 1 aliphatic rings. The van der Waals surface area contributed by atoms with Crippen molar-refractivity contribution in [2.24, 2.45) is 0 Å². The van der Waals surface area contributed by atoms with E-state index in [0.29, 0.717) is 5.92 Å². The molecule has 1 fully saturated rings. The van der Waals surface area contributed by atoms with Gasteiger partial charge in [0.15, 0.2) is 0 Å². The van der Waals surface area contributed by atoms with Crippen LogP contribution < -0.4 is 4.90 Å². The summed E-state index contributed by atoms with van der Waals surface area (Å²) in [6, 6.07) is 4.41. The van der Waals surface area contributed by atoms with Crippen LogP contribution >= 0.6 is 0 Å². The van der Waals surface area contributed by atoms with Crippen molar-refractivity contribution in [3.8, 4) is 0 Å². The summed E-state index contributed by atoms with van der Waals surface area (Å²) in [5.41, 5.74) is 0. The quantitative estimate of drug-likeness (QED) is 0.861. The van der Waals surface area contributed by atoms with E-state index in [-0.39, 0.29) is 6.04 Å². The topological polar surface area (TPSA) is 47.1 Å². The highest BCUT2D eigenvalue weighted by atomic mass is 16.3. The molecule has 0 saturated carbocycles. The van der Waals surface area contributed by atoms with E-state index < -0.39 is 0 Å². The van der Waals surface area contributed by atoms with Crippen LogP contribution in [0, 0.1) is 6.92 Å². The van der Waals surface area contributed by atoms with Gasteiger partial charge in [-0.1, -0.05) is 13.8 Å². The first-order valence-electron chi connectivity index (χ1n) is 7.88. The first-order chi connectivity index (χ1) is 10.1. The molecule has 5 heteroatoms. The second kappa shape index (κ2) is 5.54. The van der Waals surface area contributed by atoms with Crippen LogP contribution in [0.2, 0.25) is 0 Å². The molecule has 1 aliphatic heterocycles. The molecule has 0 aromatic carbocycles. The van der Waals surface area contributed by atoms with Gasteiger partial charge in [-0.05, 0) is 38.8 Å². The summed E-state index contributed by atoms with van der Waals surface area (Å²) in [6.07, 6.45) is 2.28. The molecule has 2 aromatic heterocycles. The average Bonchev–Trinajstić information content (AvgIpc) is 3.15. The molecule has 0 N–H and O–H groups in total. The molecule has 5 nitrogen and oxygen atoms in total. The lowest BCUT2D eigenvalue weighted by atomic mass is 10.2. The first-order valence-corrected chi connectivity index (χ1v) is 7.88. The van der Waals surface area contributed by atoms with Gasteiger partial charge in [0.1, 0.15) is 17.3 Å². The van der Waals surface area contributed by atoms with Crippen molar-refractivity contribution in [3.63, 3.8) is 0 Å². The van der Waals surface area contributed by atoms with Gasteiger partial charge in [-0.3, -0.25) is 4.57 Å². The summed E-state index contributed by atoms with van der Waals surface area (Å²) in [7, 11) is 0. The number of aryl methyl sites for hydroxylation is 1. The van der Waals surface area contributed by atoms with Crippen molar-refractivity contribution in [2.45, 2.75) is 59.0 Å². The van der Waals surface area contributed by atoms with Crippen LogP contribution in [0.5, 0.6) is 0 Å².